The van der Waals surface area contributed by atoms with Crippen molar-refractivity contribution in [3.63, 3.8) is 0 Å². The zero-order chi connectivity index (χ0) is 26.0. The van der Waals surface area contributed by atoms with E-state index in [9.17, 15) is 35.7 Å². The maximum atomic E-state index is 10.5. The number of fused-ring (bicyclic) bond motifs is 1. The molecule has 0 bridgehead atoms. The van der Waals surface area contributed by atoms with E-state index in [1.54, 1.807) is 18.2 Å². The Kier molecular flexibility index (Phi) is 8.20. The fraction of sp³-hybridized carbons (Fsp3) is 0.520. The highest BCUT2D eigenvalue weighted by Gasteiger charge is 2.46. The van der Waals surface area contributed by atoms with Crippen LogP contribution < -0.4 is 14.2 Å². The molecule has 2 heterocycles. The van der Waals surface area contributed by atoms with E-state index in [-0.39, 0.29) is 36.2 Å². The molecule has 7 atom stereocenters. The molecule has 0 unspecified atom stereocenters. The third kappa shape index (κ3) is 4.96. The van der Waals surface area contributed by atoms with E-state index in [2.05, 4.69) is 0 Å². The van der Waals surface area contributed by atoms with Gasteiger partial charge in [0.2, 0.25) is 6.29 Å². The van der Waals surface area contributed by atoms with Gasteiger partial charge in [-0.25, -0.2) is 0 Å². The largest absolute Gasteiger partial charge is 0.504 e. The predicted octanol–water partition coefficient (Wildman–Crippen LogP) is -0.286. The lowest BCUT2D eigenvalue weighted by atomic mass is 9.90. The van der Waals surface area contributed by atoms with E-state index in [1.807, 2.05) is 6.07 Å². The third-order valence-corrected chi connectivity index (χ3v) is 6.60. The van der Waals surface area contributed by atoms with E-state index >= 15 is 0 Å². The van der Waals surface area contributed by atoms with Gasteiger partial charge in [0.15, 0.2) is 23.0 Å². The second-order valence-corrected chi connectivity index (χ2v) is 8.91. The van der Waals surface area contributed by atoms with Crippen LogP contribution in [0.2, 0.25) is 0 Å². The number of aromatic hydroxyl groups is 1. The molecule has 2 aliphatic heterocycles. The second-order valence-electron chi connectivity index (χ2n) is 8.91. The van der Waals surface area contributed by atoms with Crippen molar-refractivity contribution in [3.8, 4) is 23.0 Å². The molecule has 198 valence electrons. The molecule has 7 N–H and O–H groups in total. The quantitative estimate of drug-likeness (QED) is 0.237. The van der Waals surface area contributed by atoms with Crippen molar-refractivity contribution in [2.45, 2.75) is 55.6 Å². The first-order valence-electron chi connectivity index (χ1n) is 11.7. The summed E-state index contributed by atoms with van der Waals surface area (Å²) in [4.78, 5) is 0. The summed E-state index contributed by atoms with van der Waals surface area (Å²) in [5, 5.41) is 69.7. The minimum atomic E-state index is -1.62. The number of ether oxygens (including phenoxy) is 4. The highest BCUT2D eigenvalue weighted by molar-refractivity contribution is 5.56. The molecule has 36 heavy (non-hydrogen) atoms. The van der Waals surface area contributed by atoms with Crippen molar-refractivity contribution in [1.82, 2.24) is 0 Å². The summed E-state index contributed by atoms with van der Waals surface area (Å²) < 4.78 is 22.9. The van der Waals surface area contributed by atoms with Crippen LogP contribution >= 0.6 is 0 Å². The summed E-state index contributed by atoms with van der Waals surface area (Å²) >= 11 is 0. The number of benzene rings is 2. The number of hydrogen-bond acceptors (Lipinski definition) is 11. The van der Waals surface area contributed by atoms with E-state index in [0.29, 0.717) is 24.0 Å². The monoisotopic (exact) mass is 508 g/mol. The van der Waals surface area contributed by atoms with Crippen molar-refractivity contribution in [2.75, 3.05) is 26.9 Å². The molecule has 1 saturated heterocycles. The van der Waals surface area contributed by atoms with Gasteiger partial charge < -0.3 is 54.7 Å². The Hall–Kier alpha value is -2.64. The van der Waals surface area contributed by atoms with Crippen molar-refractivity contribution in [2.24, 2.45) is 0 Å². The lowest BCUT2D eigenvalue weighted by Gasteiger charge is -2.39. The van der Waals surface area contributed by atoms with E-state index in [1.165, 1.54) is 13.2 Å². The minimum Gasteiger partial charge on any atom is -0.504 e. The molecule has 0 radical (unpaired) electrons. The molecule has 4 rings (SSSR count). The van der Waals surface area contributed by atoms with Gasteiger partial charge in [-0.2, -0.15) is 0 Å². The summed E-state index contributed by atoms with van der Waals surface area (Å²) in [6.07, 6.45) is -7.04. The van der Waals surface area contributed by atoms with Gasteiger partial charge in [-0.1, -0.05) is 12.1 Å². The molecule has 0 aliphatic carbocycles. The van der Waals surface area contributed by atoms with Crippen molar-refractivity contribution in [1.29, 1.82) is 0 Å². The van der Waals surface area contributed by atoms with E-state index in [0.717, 1.165) is 5.56 Å². The first-order chi connectivity index (χ1) is 17.3. The number of hydrogen-bond donors (Lipinski definition) is 7. The smallest absolute Gasteiger partial charge is 0.229 e. The molecule has 0 aromatic heterocycles. The van der Waals surface area contributed by atoms with Crippen LogP contribution in [0, 0.1) is 0 Å². The topological polar surface area (TPSA) is 179 Å². The van der Waals surface area contributed by atoms with Crippen LogP contribution in [0.4, 0.5) is 0 Å². The van der Waals surface area contributed by atoms with Gasteiger partial charge in [0.05, 0.1) is 26.2 Å². The Bertz CT molecular complexity index is 1040. The summed E-state index contributed by atoms with van der Waals surface area (Å²) in [6.45, 7) is -0.910. The van der Waals surface area contributed by atoms with Gasteiger partial charge in [-0.3, -0.25) is 0 Å². The number of aliphatic hydroxyl groups excluding tert-OH is 6. The van der Waals surface area contributed by atoms with Crippen molar-refractivity contribution >= 4 is 0 Å². The van der Waals surface area contributed by atoms with Gasteiger partial charge in [0.25, 0.3) is 0 Å². The van der Waals surface area contributed by atoms with Crippen LogP contribution in [0.25, 0.3) is 0 Å². The summed E-state index contributed by atoms with van der Waals surface area (Å²) in [5.74, 6) is 0.133. The van der Waals surface area contributed by atoms with Gasteiger partial charge in [0, 0.05) is 12.2 Å². The Balaban J connectivity index is 1.71. The number of phenolic OH excluding ortho intramolecular Hbond substituents is 1. The van der Waals surface area contributed by atoms with Gasteiger partial charge in [-0.05, 0) is 42.2 Å². The molecular formula is C25H32O11. The van der Waals surface area contributed by atoms with Crippen LogP contribution in [-0.4, -0.2) is 93.4 Å². The maximum Gasteiger partial charge on any atom is 0.229 e. The molecule has 1 fully saturated rings. The maximum absolute atomic E-state index is 10.5. The van der Waals surface area contributed by atoms with Crippen LogP contribution in [0.1, 0.15) is 35.1 Å². The Morgan fingerprint density at radius 3 is 2.36 bits per heavy atom. The minimum absolute atomic E-state index is 0.0319. The van der Waals surface area contributed by atoms with Crippen LogP contribution in [0.15, 0.2) is 30.3 Å². The van der Waals surface area contributed by atoms with Crippen LogP contribution in [0.3, 0.4) is 0 Å². The zero-order valence-electron chi connectivity index (χ0n) is 19.7. The molecular weight excluding hydrogens is 476 g/mol. The molecule has 11 nitrogen and oxygen atoms in total. The van der Waals surface area contributed by atoms with Gasteiger partial charge in [0.1, 0.15) is 30.5 Å². The van der Waals surface area contributed by atoms with Crippen molar-refractivity contribution < 1.29 is 54.7 Å². The average molecular weight is 509 g/mol. The molecule has 0 amide bonds. The Morgan fingerprint density at radius 1 is 0.917 bits per heavy atom. The lowest BCUT2D eigenvalue weighted by molar-refractivity contribution is -0.277. The molecule has 11 heteroatoms. The number of aryl methyl sites for hydroxylation is 1. The number of phenols is 1. The lowest BCUT2D eigenvalue weighted by Crippen LogP contribution is -2.60. The molecule has 0 saturated carbocycles. The Morgan fingerprint density at radius 2 is 1.69 bits per heavy atom. The number of aliphatic hydroxyl groups is 6. The van der Waals surface area contributed by atoms with Crippen LogP contribution in [-0.2, 0) is 11.2 Å². The molecule has 2 aromatic carbocycles. The summed E-state index contributed by atoms with van der Waals surface area (Å²) in [5.41, 5.74) is 2.04. The van der Waals surface area contributed by atoms with Gasteiger partial charge >= 0.3 is 0 Å². The van der Waals surface area contributed by atoms with E-state index in [4.69, 9.17) is 18.9 Å². The second kappa shape index (κ2) is 11.2. The fourth-order valence-corrected chi connectivity index (χ4v) is 4.63. The molecule has 0 spiro atoms. The first-order valence-corrected chi connectivity index (χ1v) is 11.7. The number of methoxy groups -OCH3 is 1. The predicted molar refractivity (Wildman–Crippen MR) is 124 cm³/mol. The normalized spacial score (nSPS) is 29.5. The average Bonchev–Trinajstić information content (AvgIpc) is 3.26. The van der Waals surface area contributed by atoms with Gasteiger partial charge in [-0.15, -0.1) is 0 Å². The molecule has 2 aromatic rings. The van der Waals surface area contributed by atoms with Crippen LogP contribution in [0.5, 0.6) is 23.0 Å². The zero-order valence-corrected chi connectivity index (χ0v) is 19.7. The van der Waals surface area contributed by atoms with Crippen molar-refractivity contribution in [3.05, 3.63) is 47.0 Å². The first kappa shape index (κ1) is 26.4. The Labute approximate surface area is 207 Å². The standard InChI is InChI=1S/C25H32O11/c1-33-17-9-13(4-5-16(17)29)23-15(10-27)14-7-12(3-2-6-26)8-18(24(14)36-23)34-25-22(32)21(31)20(30)19(11-28)35-25/h4-5,7-9,15,19-23,25-32H,2-3,6,10-11H2,1H3/t15-,19+,20+,21-,22+,23-,25+/m0/s1. The van der Waals surface area contributed by atoms with E-state index < -0.39 is 49.3 Å². The highest BCUT2D eigenvalue weighted by atomic mass is 16.7. The highest BCUT2D eigenvalue weighted by Crippen LogP contribution is 2.52. The SMILES string of the molecule is COc1cc([C@@H]2Oc3c(O[C@@H]4O[C@H](CO)[C@@H](O)[C@H](O)[C@H]4O)cc(CCCO)cc3[C@@H]2CO)ccc1O. The summed E-state index contributed by atoms with van der Waals surface area (Å²) in [6, 6.07) is 8.24. The summed E-state index contributed by atoms with van der Waals surface area (Å²) in [7, 11) is 1.42. The molecule has 2 aliphatic rings. The fourth-order valence-electron chi connectivity index (χ4n) is 4.63. The number of rotatable bonds is 9. The third-order valence-electron chi connectivity index (χ3n) is 6.60.